The molecule has 1 aromatic carbocycles. The van der Waals surface area contributed by atoms with Gasteiger partial charge in [0, 0.05) is 24.3 Å². The number of aryl methyl sites for hydroxylation is 1. The van der Waals surface area contributed by atoms with E-state index in [4.69, 9.17) is 0 Å². The summed E-state index contributed by atoms with van der Waals surface area (Å²) in [7, 11) is 0. The van der Waals surface area contributed by atoms with Crippen molar-refractivity contribution in [3.05, 3.63) is 29.3 Å². The lowest BCUT2D eigenvalue weighted by molar-refractivity contribution is 0.00525. The molecule has 3 rings (SSSR count). The molecule has 0 spiro atoms. The van der Waals surface area contributed by atoms with Crippen LogP contribution in [0.2, 0.25) is 0 Å². The highest BCUT2D eigenvalue weighted by atomic mass is 16.3. The van der Waals surface area contributed by atoms with Gasteiger partial charge in [-0.1, -0.05) is 19.3 Å². The molecule has 3 N–H and O–H groups in total. The minimum atomic E-state index is -0.705. The third-order valence-corrected chi connectivity index (χ3v) is 4.67. The molecule has 1 amide bonds. The highest BCUT2D eigenvalue weighted by molar-refractivity contribution is 5.95. The Bertz CT molecular complexity index is 522. The van der Waals surface area contributed by atoms with Crippen LogP contribution in [0.1, 0.15) is 54.4 Å². The maximum atomic E-state index is 12.3. The number of carbonyl (C=O) groups is 1. The molecule has 1 fully saturated rings. The van der Waals surface area contributed by atoms with Crippen LogP contribution in [0.15, 0.2) is 18.2 Å². The molecule has 21 heavy (non-hydrogen) atoms. The van der Waals surface area contributed by atoms with Crippen molar-refractivity contribution in [2.45, 2.75) is 50.5 Å². The summed E-state index contributed by atoms with van der Waals surface area (Å²) in [4.78, 5) is 12.3. The molecule has 0 saturated heterocycles. The maximum Gasteiger partial charge on any atom is 0.251 e. The maximum absolute atomic E-state index is 12.3. The average Bonchev–Trinajstić information content (AvgIpc) is 2.53. The van der Waals surface area contributed by atoms with E-state index in [0.29, 0.717) is 12.1 Å². The molecule has 4 nitrogen and oxygen atoms in total. The van der Waals surface area contributed by atoms with E-state index >= 15 is 0 Å². The Morgan fingerprint density at radius 3 is 2.86 bits per heavy atom. The zero-order valence-corrected chi connectivity index (χ0v) is 12.5. The Morgan fingerprint density at radius 2 is 2.05 bits per heavy atom. The zero-order chi connectivity index (χ0) is 14.7. The number of fused-ring (bicyclic) bond motifs is 1. The molecule has 4 heteroatoms. The van der Waals surface area contributed by atoms with Gasteiger partial charge in [-0.3, -0.25) is 4.79 Å². The van der Waals surface area contributed by atoms with E-state index in [1.54, 1.807) is 0 Å². The minimum Gasteiger partial charge on any atom is -0.388 e. The second-order valence-corrected chi connectivity index (χ2v) is 6.37. The second-order valence-electron chi connectivity index (χ2n) is 6.37. The van der Waals surface area contributed by atoms with E-state index in [2.05, 4.69) is 10.6 Å². The van der Waals surface area contributed by atoms with Crippen molar-refractivity contribution < 1.29 is 9.90 Å². The number of nitrogens with one attached hydrogen (secondary N) is 2. The highest BCUT2D eigenvalue weighted by Gasteiger charge is 2.29. The number of benzene rings is 1. The number of hydrogen-bond donors (Lipinski definition) is 3. The van der Waals surface area contributed by atoms with Gasteiger partial charge in [0.2, 0.25) is 0 Å². The Kier molecular flexibility index (Phi) is 4.15. The van der Waals surface area contributed by atoms with E-state index < -0.39 is 5.60 Å². The highest BCUT2D eigenvalue weighted by Crippen LogP contribution is 2.27. The van der Waals surface area contributed by atoms with E-state index in [1.165, 1.54) is 12.0 Å². The number of anilines is 1. The van der Waals surface area contributed by atoms with Gasteiger partial charge in [-0.05, 0) is 49.4 Å². The van der Waals surface area contributed by atoms with Crippen LogP contribution in [0.3, 0.4) is 0 Å². The number of carbonyl (C=O) groups excluding carboxylic acids is 1. The van der Waals surface area contributed by atoms with Crippen molar-refractivity contribution >= 4 is 11.6 Å². The van der Waals surface area contributed by atoms with E-state index in [9.17, 15) is 9.90 Å². The number of amides is 1. The first kappa shape index (κ1) is 14.4. The molecule has 0 radical (unpaired) electrons. The third kappa shape index (κ3) is 3.38. The molecule has 0 aromatic heterocycles. The van der Waals surface area contributed by atoms with Crippen LogP contribution in [0.4, 0.5) is 5.69 Å². The quantitative estimate of drug-likeness (QED) is 0.800. The average molecular weight is 288 g/mol. The summed E-state index contributed by atoms with van der Waals surface area (Å²) in [6, 6.07) is 5.82. The summed E-state index contributed by atoms with van der Waals surface area (Å²) in [6.45, 7) is 1.37. The van der Waals surface area contributed by atoms with Crippen LogP contribution in [-0.4, -0.2) is 29.7 Å². The van der Waals surface area contributed by atoms with Gasteiger partial charge in [-0.2, -0.15) is 0 Å². The largest absolute Gasteiger partial charge is 0.388 e. The molecule has 0 unspecified atom stereocenters. The zero-order valence-electron chi connectivity index (χ0n) is 12.5. The molecule has 2 aliphatic rings. The van der Waals surface area contributed by atoms with Gasteiger partial charge in [-0.25, -0.2) is 0 Å². The van der Waals surface area contributed by atoms with Crippen molar-refractivity contribution in [3.8, 4) is 0 Å². The molecule has 1 saturated carbocycles. The van der Waals surface area contributed by atoms with Crippen LogP contribution in [0.5, 0.6) is 0 Å². The fraction of sp³-hybridized carbons (Fsp3) is 0.588. The Labute approximate surface area is 125 Å². The van der Waals surface area contributed by atoms with Gasteiger partial charge in [0.25, 0.3) is 5.91 Å². The van der Waals surface area contributed by atoms with E-state index in [0.717, 1.165) is 50.8 Å². The van der Waals surface area contributed by atoms with Crippen molar-refractivity contribution in [2.24, 2.45) is 0 Å². The summed E-state index contributed by atoms with van der Waals surface area (Å²) in [5, 5.41) is 16.7. The molecular weight excluding hydrogens is 264 g/mol. The summed E-state index contributed by atoms with van der Waals surface area (Å²) >= 11 is 0. The second kappa shape index (κ2) is 6.06. The lowest BCUT2D eigenvalue weighted by atomic mass is 9.85. The summed E-state index contributed by atoms with van der Waals surface area (Å²) in [6.07, 6.45) is 7.01. The van der Waals surface area contributed by atoms with Crippen LogP contribution in [0, 0.1) is 0 Å². The fourth-order valence-electron chi connectivity index (χ4n) is 3.35. The Hall–Kier alpha value is -1.55. The van der Waals surface area contributed by atoms with E-state index in [1.807, 2.05) is 18.2 Å². The molecule has 1 aliphatic heterocycles. The van der Waals surface area contributed by atoms with Gasteiger partial charge in [0.1, 0.15) is 0 Å². The lowest BCUT2D eigenvalue weighted by Gasteiger charge is -2.32. The standard InChI is InChI=1S/C17H24N2O2/c20-16(19-12-17(21)8-2-1-3-9-17)14-6-7-15-13(11-14)5-4-10-18-15/h6-7,11,18,21H,1-5,8-10,12H2,(H,19,20). The third-order valence-electron chi connectivity index (χ3n) is 4.67. The lowest BCUT2D eigenvalue weighted by Crippen LogP contribution is -2.44. The number of hydrogen-bond acceptors (Lipinski definition) is 3. The normalized spacial score (nSPS) is 20.2. The predicted molar refractivity (Wildman–Crippen MR) is 83.6 cm³/mol. The minimum absolute atomic E-state index is 0.0811. The van der Waals surface area contributed by atoms with Crippen molar-refractivity contribution in [3.63, 3.8) is 0 Å². The number of aliphatic hydroxyl groups is 1. The number of rotatable bonds is 3. The fourth-order valence-corrected chi connectivity index (χ4v) is 3.35. The topological polar surface area (TPSA) is 61.4 Å². The smallest absolute Gasteiger partial charge is 0.251 e. The predicted octanol–water partition coefficient (Wildman–Crippen LogP) is 2.47. The summed E-state index contributed by atoms with van der Waals surface area (Å²) in [5.41, 5.74) is 2.34. The monoisotopic (exact) mass is 288 g/mol. The molecular formula is C17H24N2O2. The van der Waals surface area contributed by atoms with Crippen LogP contribution in [0.25, 0.3) is 0 Å². The van der Waals surface area contributed by atoms with Crippen LogP contribution in [-0.2, 0) is 6.42 Å². The Morgan fingerprint density at radius 1 is 1.24 bits per heavy atom. The molecule has 1 aromatic rings. The van der Waals surface area contributed by atoms with Crippen LogP contribution < -0.4 is 10.6 Å². The van der Waals surface area contributed by atoms with Gasteiger partial charge >= 0.3 is 0 Å². The SMILES string of the molecule is O=C(NCC1(O)CCCCC1)c1ccc2c(c1)CCCN2. The van der Waals surface area contributed by atoms with E-state index in [-0.39, 0.29) is 5.91 Å². The first-order valence-electron chi connectivity index (χ1n) is 8.04. The molecule has 0 bridgehead atoms. The van der Waals surface area contributed by atoms with Gasteiger partial charge in [0.05, 0.1) is 5.60 Å². The van der Waals surface area contributed by atoms with Crippen LogP contribution >= 0.6 is 0 Å². The Balaban J connectivity index is 1.62. The molecule has 1 heterocycles. The van der Waals surface area contributed by atoms with Gasteiger partial charge in [0.15, 0.2) is 0 Å². The first-order chi connectivity index (χ1) is 10.2. The first-order valence-corrected chi connectivity index (χ1v) is 8.04. The van der Waals surface area contributed by atoms with Gasteiger partial charge in [-0.15, -0.1) is 0 Å². The molecule has 114 valence electrons. The molecule has 0 atom stereocenters. The van der Waals surface area contributed by atoms with Gasteiger partial charge < -0.3 is 15.7 Å². The molecule has 1 aliphatic carbocycles. The summed E-state index contributed by atoms with van der Waals surface area (Å²) < 4.78 is 0. The summed E-state index contributed by atoms with van der Waals surface area (Å²) in [5.74, 6) is -0.0811. The van der Waals surface area contributed by atoms with Crippen molar-refractivity contribution in [1.82, 2.24) is 5.32 Å². The van der Waals surface area contributed by atoms with Crippen molar-refractivity contribution in [2.75, 3.05) is 18.4 Å². The van der Waals surface area contributed by atoms with Crippen molar-refractivity contribution in [1.29, 1.82) is 0 Å².